The first kappa shape index (κ1) is 18.6. The molecule has 0 spiro atoms. The van der Waals surface area contributed by atoms with Gasteiger partial charge in [0.25, 0.3) is 11.8 Å². The summed E-state index contributed by atoms with van der Waals surface area (Å²) in [5.41, 5.74) is 1.84. The predicted octanol–water partition coefficient (Wildman–Crippen LogP) is 0.926. The number of benzene rings is 2. The van der Waals surface area contributed by atoms with Gasteiger partial charge in [0.15, 0.2) is 6.04 Å². The molecule has 2 aromatic rings. The summed E-state index contributed by atoms with van der Waals surface area (Å²) >= 11 is 0. The first-order chi connectivity index (χ1) is 13.1. The zero-order valence-corrected chi connectivity index (χ0v) is 15.3. The van der Waals surface area contributed by atoms with Crippen molar-refractivity contribution in [2.75, 3.05) is 31.5 Å². The summed E-state index contributed by atoms with van der Waals surface area (Å²) in [7, 11) is 0. The molecule has 1 aliphatic rings. The number of amides is 2. The number of anilines is 1. The Hall–Kier alpha value is -3.17. The van der Waals surface area contributed by atoms with Crippen LogP contribution in [-0.4, -0.2) is 48.9 Å². The van der Waals surface area contributed by atoms with Crippen molar-refractivity contribution in [3.05, 3.63) is 65.7 Å². The molecule has 0 aromatic heterocycles. The van der Waals surface area contributed by atoms with Gasteiger partial charge in [-0.05, 0) is 37.3 Å². The molecule has 0 saturated carbocycles. The lowest BCUT2D eigenvalue weighted by molar-refractivity contribution is -0.917. The number of nitrogens with zero attached hydrogens (tertiary/aromatic N) is 2. The third-order valence-electron chi connectivity index (χ3n) is 4.98. The van der Waals surface area contributed by atoms with E-state index in [9.17, 15) is 9.59 Å². The molecule has 0 radical (unpaired) electrons. The van der Waals surface area contributed by atoms with Crippen LogP contribution in [0.3, 0.4) is 0 Å². The van der Waals surface area contributed by atoms with Crippen LogP contribution in [0, 0.1) is 11.3 Å². The number of hydrogen-bond acceptors (Lipinski definition) is 3. The third-order valence-corrected chi connectivity index (χ3v) is 4.98. The Kier molecular flexibility index (Phi) is 5.84. The van der Waals surface area contributed by atoms with Crippen molar-refractivity contribution >= 4 is 17.5 Å². The highest BCUT2D eigenvalue weighted by atomic mass is 16.2. The quantitative estimate of drug-likeness (QED) is 0.848. The van der Waals surface area contributed by atoms with E-state index < -0.39 is 0 Å². The van der Waals surface area contributed by atoms with E-state index in [1.807, 2.05) is 42.2 Å². The normalized spacial score (nSPS) is 15.6. The highest BCUT2D eigenvalue weighted by Crippen LogP contribution is 2.10. The summed E-state index contributed by atoms with van der Waals surface area (Å²) in [5, 5.41) is 11.8. The fourth-order valence-electron chi connectivity index (χ4n) is 3.30. The van der Waals surface area contributed by atoms with Crippen LogP contribution in [0.5, 0.6) is 0 Å². The second-order valence-electron chi connectivity index (χ2n) is 6.72. The van der Waals surface area contributed by atoms with Gasteiger partial charge >= 0.3 is 0 Å². The van der Waals surface area contributed by atoms with E-state index in [4.69, 9.17) is 5.26 Å². The van der Waals surface area contributed by atoms with E-state index in [-0.39, 0.29) is 17.9 Å². The summed E-state index contributed by atoms with van der Waals surface area (Å²) in [4.78, 5) is 28.1. The molecule has 2 N–H and O–H groups in total. The highest BCUT2D eigenvalue weighted by molar-refractivity contribution is 5.94. The fourth-order valence-corrected chi connectivity index (χ4v) is 3.30. The van der Waals surface area contributed by atoms with Crippen molar-refractivity contribution in [3.63, 3.8) is 0 Å². The molecule has 1 atom stereocenters. The molecule has 0 bridgehead atoms. The van der Waals surface area contributed by atoms with Crippen LogP contribution in [-0.2, 0) is 4.79 Å². The number of nitrogens with one attached hydrogen (secondary N) is 2. The zero-order valence-electron chi connectivity index (χ0n) is 15.3. The Balaban J connectivity index is 1.55. The number of rotatable bonds is 4. The standard InChI is InChI=1S/C21H22N4O2/c1-16(20(26)23-19-9-5-6-17(14-19)15-22)24-10-12-25(13-11-24)21(27)18-7-3-2-4-8-18/h2-9,14,16H,10-13H2,1H3,(H,23,26)/p+1/t16-/m0/s1. The van der Waals surface area contributed by atoms with Crippen LogP contribution in [0.2, 0.25) is 0 Å². The molecular formula is C21H23N4O2+. The molecule has 6 nitrogen and oxygen atoms in total. The van der Waals surface area contributed by atoms with Gasteiger partial charge in [-0.3, -0.25) is 9.59 Å². The van der Waals surface area contributed by atoms with Crippen molar-refractivity contribution in [1.29, 1.82) is 5.26 Å². The number of quaternary nitrogens is 1. The lowest BCUT2D eigenvalue weighted by Crippen LogP contribution is -3.19. The largest absolute Gasteiger partial charge is 0.327 e. The third kappa shape index (κ3) is 4.52. The molecule has 138 valence electrons. The van der Waals surface area contributed by atoms with Crippen LogP contribution >= 0.6 is 0 Å². The smallest absolute Gasteiger partial charge is 0.282 e. The lowest BCUT2D eigenvalue weighted by Gasteiger charge is -2.34. The van der Waals surface area contributed by atoms with Gasteiger partial charge in [-0.2, -0.15) is 5.26 Å². The van der Waals surface area contributed by atoms with Crippen molar-refractivity contribution in [2.45, 2.75) is 13.0 Å². The summed E-state index contributed by atoms with van der Waals surface area (Å²) < 4.78 is 0. The molecule has 2 aromatic carbocycles. The minimum Gasteiger partial charge on any atom is -0.327 e. The topological polar surface area (TPSA) is 77.6 Å². The summed E-state index contributed by atoms with van der Waals surface area (Å²) in [6.45, 7) is 4.61. The maximum Gasteiger partial charge on any atom is 0.282 e. The monoisotopic (exact) mass is 363 g/mol. The molecule has 2 amide bonds. The van der Waals surface area contributed by atoms with Gasteiger partial charge in [-0.25, -0.2) is 0 Å². The number of carbonyl (C=O) groups is 2. The van der Waals surface area contributed by atoms with Gasteiger partial charge in [0.2, 0.25) is 0 Å². The van der Waals surface area contributed by atoms with E-state index in [1.165, 1.54) is 0 Å². The number of piperazine rings is 1. The minimum absolute atomic E-state index is 0.0417. The molecule has 27 heavy (non-hydrogen) atoms. The van der Waals surface area contributed by atoms with Crippen LogP contribution in [0.15, 0.2) is 54.6 Å². The average molecular weight is 363 g/mol. The molecule has 3 rings (SSSR count). The van der Waals surface area contributed by atoms with E-state index >= 15 is 0 Å². The molecule has 0 unspecified atom stereocenters. The lowest BCUT2D eigenvalue weighted by atomic mass is 10.1. The average Bonchev–Trinajstić information content (AvgIpc) is 2.73. The Morgan fingerprint density at radius 1 is 1.11 bits per heavy atom. The van der Waals surface area contributed by atoms with Gasteiger partial charge < -0.3 is 15.1 Å². The van der Waals surface area contributed by atoms with Crippen molar-refractivity contribution < 1.29 is 14.5 Å². The number of carbonyl (C=O) groups excluding carboxylic acids is 2. The maximum atomic E-state index is 12.6. The maximum absolute atomic E-state index is 12.6. The van der Waals surface area contributed by atoms with Crippen LogP contribution < -0.4 is 10.2 Å². The van der Waals surface area contributed by atoms with E-state index in [0.29, 0.717) is 29.9 Å². The first-order valence-electron chi connectivity index (χ1n) is 9.08. The molecule has 1 aliphatic heterocycles. The van der Waals surface area contributed by atoms with E-state index in [2.05, 4.69) is 11.4 Å². The SMILES string of the molecule is C[C@@H](C(=O)Nc1cccc(C#N)c1)[NH+]1CCN(C(=O)c2ccccc2)CC1. The van der Waals surface area contributed by atoms with Gasteiger partial charge in [-0.15, -0.1) is 0 Å². The van der Waals surface area contributed by atoms with Crippen molar-refractivity contribution in [3.8, 4) is 6.07 Å². The number of hydrogen-bond donors (Lipinski definition) is 2. The molecule has 1 saturated heterocycles. The minimum atomic E-state index is -0.232. The zero-order chi connectivity index (χ0) is 19.2. The summed E-state index contributed by atoms with van der Waals surface area (Å²) in [6, 6.07) is 18.0. The Bertz CT molecular complexity index is 852. The summed E-state index contributed by atoms with van der Waals surface area (Å²) in [6.07, 6.45) is 0. The second kappa shape index (κ2) is 8.47. The molecule has 0 aliphatic carbocycles. The van der Waals surface area contributed by atoms with Crippen LogP contribution in [0.4, 0.5) is 5.69 Å². The van der Waals surface area contributed by atoms with E-state index in [1.54, 1.807) is 24.3 Å². The Labute approximate surface area is 159 Å². The Morgan fingerprint density at radius 3 is 2.48 bits per heavy atom. The Morgan fingerprint density at radius 2 is 1.81 bits per heavy atom. The van der Waals surface area contributed by atoms with Gasteiger partial charge in [0.05, 0.1) is 37.8 Å². The number of nitriles is 1. The summed E-state index contributed by atoms with van der Waals surface area (Å²) in [5.74, 6) is -0.0389. The van der Waals surface area contributed by atoms with Crippen molar-refractivity contribution in [1.82, 2.24) is 4.90 Å². The molecule has 6 heteroatoms. The van der Waals surface area contributed by atoms with E-state index in [0.717, 1.165) is 18.0 Å². The highest BCUT2D eigenvalue weighted by Gasteiger charge is 2.31. The van der Waals surface area contributed by atoms with Crippen molar-refractivity contribution in [2.24, 2.45) is 0 Å². The first-order valence-corrected chi connectivity index (χ1v) is 9.08. The fraction of sp³-hybridized carbons (Fsp3) is 0.286. The molecular weight excluding hydrogens is 340 g/mol. The van der Waals surface area contributed by atoms with Crippen LogP contribution in [0.1, 0.15) is 22.8 Å². The van der Waals surface area contributed by atoms with Gasteiger partial charge in [0.1, 0.15) is 0 Å². The van der Waals surface area contributed by atoms with Crippen LogP contribution in [0.25, 0.3) is 0 Å². The second-order valence-corrected chi connectivity index (χ2v) is 6.72. The van der Waals surface area contributed by atoms with Gasteiger partial charge in [0, 0.05) is 11.3 Å². The van der Waals surface area contributed by atoms with Gasteiger partial charge in [-0.1, -0.05) is 24.3 Å². The molecule has 1 heterocycles. The molecule has 1 fully saturated rings. The predicted molar refractivity (Wildman–Crippen MR) is 102 cm³/mol.